The van der Waals surface area contributed by atoms with Crippen molar-refractivity contribution in [1.82, 2.24) is 14.8 Å². The molecule has 2 aromatic heterocycles. The molecule has 30 heavy (non-hydrogen) atoms. The van der Waals surface area contributed by atoms with E-state index in [2.05, 4.69) is 10.1 Å². The summed E-state index contributed by atoms with van der Waals surface area (Å²) >= 11 is 5.80. The van der Waals surface area contributed by atoms with Gasteiger partial charge < -0.3 is 14.4 Å². The Morgan fingerprint density at radius 2 is 1.93 bits per heavy atom. The topological polar surface area (TPSA) is 69.5 Å². The molecule has 1 aromatic carbocycles. The number of halogens is 4. The van der Waals surface area contributed by atoms with Gasteiger partial charge in [-0.3, -0.25) is 4.79 Å². The van der Waals surface area contributed by atoms with Gasteiger partial charge in [-0.2, -0.15) is 18.3 Å². The third kappa shape index (κ3) is 3.43. The van der Waals surface area contributed by atoms with Crippen molar-refractivity contribution in [3.63, 3.8) is 0 Å². The molecule has 4 rings (SSSR count). The van der Waals surface area contributed by atoms with Crippen LogP contribution >= 0.6 is 11.6 Å². The van der Waals surface area contributed by atoms with Gasteiger partial charge in [0.25, 0.3) is 5.91 Å². The summed E-state index contributed by atoms with van der Waals surface area (Å²) in [5.41, 5.74) is -0.386. The molecule has 156 valence electrons. The van der Waals surface area contributed by atoms with Gasteiger partial charge in [-0.05, 0) is 31.2 Å². The Morgan fingerprint density at radius 3 is 2.63 bits per heavy atom. The summed E-state index contributed by atoms with van der Waals surface area (Å²) in [5.74, 6) is 0.737. The van der Waals surface area contributed by atoms with Gasteiger partial charge in [0.15, 0.2) is 23.0 Å². The first-order valence-corrected chi connectivity index (χ1v) is 9.01. The minimum absolute atomic E-state index is 0.0369. The zero-order valence-electron chi connectivity index (χ0n) is 15.7. The number of pyridine rings is 1. The number of hydrogen-bond donors (Lipinski definition) is 0. The first-order valence-electron chi connectivity index (χ1n) is 8.63. The Kier molecular flexibility index (Phi) is 4.81. The van der Waals surface area contributed by atoms with Gasteiger partial charge >= 0.3 is 6.18 Å². The van der Waals surface area contributed by atoms with Crippen LogP contribution < -0.4 is 14.4 Å². The van der Waals surface area contributed by atoms with E-state index in [9.17, 15) is 18.0 Å². The maximum Gasteiger partial charge on any atom is 0.436 e. The summed E-state index contributed by atoms with van der Waals surface area (Å²) in [4.78, 5) is 18.4. The molecule has 3 heterocycles. The molecule has 1 aliphatic heterocycles. The number of hydrogen-bond acceptors (Lipinski definition) is 5. The Morgan fingerprint density at radius 1 is 1.20 bits per heavy atom. The van der Waals surface area contributed by atoms with Crippen LogP contribution in [0.25, 0.3) is 5.82 Å². The number of carbonyl (C=O) groups excluding carboxylic acids is 1. The maximum absolute atomic E-state index is 13.1. The summed E-state index contributed by atoms with van der Waals surface area (Å²) in [6.07, 6.45) is -3.39. The molecule has 3 aromatic rings. The fourth-order valence-electron chi connectivity index (χ4n) is 2.96. The average molecular weight is 439 g/mol. The van der Waals surface area contributed by atoms with Gasteiger partial charge in [-0.15, -0.1) is 0 Å². The first-order chi connectivity index (χ1) is 14.2. The molecule has 0 spiro atoms. The van der Waals surface area contributed by atoms with Gasteiger partial charge in [0.1, 0.15) is 0 Å². The fourth-order valence-corrected chi connectivity index (χ4v) is 3.18. The van der Waals surface area contributed by atoms with E-state index >= 15 is 0 Å². The van der Waals surface area contributed by atoms with Gasteiger partial charge in [0, 0.05) is 30.6 Å². The van der Waals surface area contributed by atoms with Crippen LogP contribution in [0.1, 0.15) is 21.7 Å². The molecule has 11 heteroatoms. The quantitative estimate of drug-likeness (QED) is 0.611. The van der Waals surface area contributed by atoms with Crippen molar-refractivity contribution in [2.24, 2.45) is 0 Å². The third-order valence-electron chi connectivity index (χ3n) is 4.57. The summed E-state index contributed by atoms with van der Waals surface area (Å²) in [5, 5.41) is 3.02. The Bertz CT molecular complexity index is 1150. The summed E-state index contributed by atoms with van der Waals surface area (Å²) in [7, 11) is 1.57. The Balaban J connectivity index is 1.66. The number of carbonyl (C=O) groups is 1. The monoisotopic (exact) mass is 438 g/mol. The molecule has 0 saturated carbocycles. The van der Waals surface area contributed by atoms with E-state index in [0.717, 1.165) is 4.68 Å². The van der Waals surface area contributed by atoms with Crippen molar-refractivity contribution in [1.29, 1.82) is 0 Å². The molecule has 7 nitrogen and oxygen atoms in total. The van der Waals surface area contributed by atoms with E-state index in [1.54, 1.807) is 25.2 Å². The van der Waals surface area contributed by atoms with Crippen LogP contribution in [0.4, 0.5) is 18.9 Å². The van der Waals surface area contributed by atoms with Crippen LogP contribution in [-0.4, -0.2) is 34.5 Å². The molecular formula is C19H14ClF3N4O3. The number of nitrogens with zero attached hydrogens (tertiary/aromatic N) is 4. The number of ether oxygens (including phenoxy) is 2. The van der Waals surface area contributed by atoms with E-state index < -0.39 is 22.8 Å². The maximum atomic E-state index is 13.1. The summed E-state index contributed by atoms with van der Waals surface area (Å²) in [6, 6.07) is 7.85. The van der Waals surface area contributed by atoms with Crippen LogP contribution in [-0.2, 0) is 6.18 Å². The highest BCUT2D eigenvalue weighted by Gasteiger charge is 2.38. The van der Waals surface area contributed by atoms with Crippen molar-refractivity contribution in [2.75, 3.05) is 18.7 Å². The predicted octanol–water partition coefficient (Wildman–Crippen LogP) is 4.25. The number of anilines is 1. The second-order valence-corrected chi connectivity index (χ2v) is 6.84. The highest BCUT2D eigenvalue weighted by molar-refractivity contribution is 6.32. The van der Waals surface area contributed by atoms with Crippen molar-refractivity contribution in [3.05, 3.63) is 58.5 Å². The smallest absolute Gasteiger partial charge is 0.436 e. The zero-order chi connectivity index (χ0) is 21.6. The molecule has 0 unspecified atom stereocenters. The second kappa shape index (κ2) is 7.21. The molecule has 0 radical (unpaired) electrons. The first kappa shape index (κ1) is 20.0. The van der Waals surface area contributed by atoms with E-state index in [1.165, 1.54) is 30.2 Å². The number of amides is 1. The van der Waals surface area contributed by atoms with E-state index in [0.29, 0.717) is 17.2 Å². The molecule has 1 aliphatic rings. The Labute approximate surface area is 173 Å². The molecule has 0 N–H and O–H groups in total. The van der Waals surface area contributed by atoms with Crippen molar-refractivity contribution in [2.45, 2.75) is 13.1 Å². The van der Waals surface area contributed by atoms with E-state index in [4.69, 9.17) is 21.1 Å². The van der Waals surface area contributed by atoms with Crippen LogP contribution in [0.3, 0.4) is 0 Å². The van der Waals surface area contributed by atoms with Crippen LogP contribution in [0.2, 0.25) is 5.02 Å². The second-order valence-electron chi connectivity index (χ2n) is 6.46. The highest BCUT2D eigenvalue weighted by atomic mass is 35.5. The zero-order valence-corrected chi connectivity index (χ0v) is 16.5. The van der Waals surface area contributed by atoms with Crippen LogP contribution in [0, 0.1) is 6.92 Å². The van der Waals surface area contributed by atoms with Crippen LogP contribution in [0.15, 0.2) is 36.5 Å². The lowest BCUT2D eigenvalue weighted by Crippen LogP contribution is -2.26. The van der Waals surface area contributed by atoms with E-state index in [1.807, 2.05) is 0 Å². The van der Waals surface area contributed by atoms with Crippen LogP contribution in [0.5, 0.6) is 11.5 Å². The van der Waals surface area contributed by atoms with Gasteiger partial charge in [-0.25, -0.2) is 9.67 Å². The van der Waals surface area contributed by atoms with Gasteiger partial charge in [0.05, 0.1) is 10.7 Å². The van der Waals surface area contributed by atoms with Crippen molar-refractivity contribution in [3.8, 4) is 17.3 Å². The highest BCUT2D eigenvalue weighted by Crippen LogP contribution is 2.37. The fraction of sp³-hybridized carbons (Fsp3) is 0.211. The minimum Gasteiger partial charge on any atom is -0.454 e. The van der Waals surface area contributed by atoms with E-state index in [-0.39, 0.29) is 23.9 Å². The summed E-state index contributed by atoms with van der Waals surface area (Å²) < 4.78 is 50.8. The molecule has 0 atom stereocenters. The molecular weight excluding hydrogens is 425 g/mol. The largest absolute Gasteiger partial charge is 0.454 e. The molecule has 0 saturated heterocycles. The normalized spacial score (nSPS) is 12.9. The summed E-state index contributed by atoms with van der Waals surface area (Å²) in [6.45, 7) is 1.50. The molecule has 1 amide bonds. The Hall–Kier alpha value is -3.27. The van der Waals surface area contributed by atoms with Gasteiger partial charge in [0.2, 0.25) is 6.79 Å². The average Bonchev–Trinajstić information content (AvgIpc) is 3.31. The lowest BCUT2D eigenvalue weighted by atomic mass is 10.2. The number of aromatic nitrogens is 3. The molecule has 0 aliphatic carbocycles. The number of benzene rings is 1. The lowest BCUT2D eigenvalue weighted by Gasteiger charge is -2.18. The lowest BCUT2D eigenvalue weighted by molar-refractivity contribution is -0.141. The predicted molar refractivity (Wildman–Crippen MR) is 101 cm³/mol. The standard InChI is InChI=1S/C19H14ClF3N4O3/c1-10-16(20)17(19(21,22)23)25-27(10)15-7-11(5-6-24-15)18(28)26(2)12-3-4-13-14(8-12)30-9-29-13/h3-8H,9H2,1-2H3. The number of alkyl halides is 3. The van der Waals surface area contributed by atoms with Crippen molar-refractivity contribution < 1.29 is 27.4 Å². The molecule has 0 bridgehead atoms. The number of rotatable bonds is 3. The minimum atomic E-state index is -4.71. The molecule has 0 fully saturated rings. The van der Waals surface area contributed by atoms with Gasteiger partial charge in [-0.1, -0.05) is 11.6 Å². The number of fused-ring (bicyclic) bond motifs is 1. The third-order valence-corrected chi connectivity index (χ3v) is 5.02. The van der Waals surface area contributed by atoms with Crippen molar-refractivity contribution >= 4 is 23.2 Å². The SMILES string of the molecule is Cc1c(Cl)c(C(F)(F)F)nn1-c1cc(C(=O)N(C)c2ccc3c(c2)OCO3)ccn1.